The SMILES string of the molecule is CCn1cc(S(=O)(=O)N2CCC3(CC2)C[C@H](OC(=O)NC[C@H](O)COc2cccc(S(C)(=O)=O)c2)CO3)c(=O)c2ccccc21. The van der Waals surface area contributed by atoms with Crippen LogP contribution in [0.3, 0.4) is 0 Å². The molecule has 1 amide bonds. The number of hydrogen-bond donors (Lipinski definition) is 2. The van der Waals surface area contributed by atoms with Crippen LogP contribution in [0.2, 0.25) is 0 Å². The first kappa shape index (κ1) is 32.9. The quantitative estimate of drug-likeness (QED) is 0.327. The van der Waals surface area contributed by atoms with Crippen molar-refractivity contribution in [2.45, 2.75) is 60.3 Å². The highest BCUT2D eigenvalue weighted by atomic mass is 32.2. The first-order chi connectivity index (χ1) is 21.3. The Labute approximate surface area is 261 Å². The predicted octanol–water partition coefficient (Wildman–Crippen LogP) is 1.90. The number of piperidine rings is 1. The molecule has 2 N–H and O–H groups in total. The van der Waals surface area contributed by atoms with Gasteiger partial charge >= 0.3 is 6.09 Å². The van der Waals surface area contributed by atoms with E-state index in [2.05, 4.69) is 5.32 Å². The van der Waals surface area contributed by atoms with E-state index in [0.29, 0.717) is 36.7 Å². The fraction of sp³-hybridized carbons (Fsp3) is 0.467. The van der Waals surface area contributed by atoms with Gasteiger partial charge in [-0.2, -0.15) is 4.31 Å². The number of nitrogens with one attached hydrogen (secondary N) is 1. The summed E-state index contributed by atoms with van der Waals surface area (Å²) < 4.78 is 70.6. The molecule has 3 aromatic rings. The number of fused-ring (bicyclic) bond motifs is 1. The second-order valence-corrected chi connectivity index (χ2v) is 15.3. The summed E-state index contributed by atoms with van der Waals surface area (Å²) in [5.41, 5.74) is -0.501. The van der Waals surface area contributed by atoms with Crippen molar-refractivity contribution in [2.75, 3.05) is 39.1 Å². The lowest BCUT2D eigenvalue weighted by Gasteiger charge is -2.37. The summed E-state index contributed by atoms with van der Waals surface area (Å²) in [6, 6.07) is 12.8. The van der Waals surface area contributed by atoms with Gasteiger partial charge in [-0.15, -0.1) is 0 Å². The van der Waals surface area contributed by atoms with E-state index in [1.165, 1.54) is 28.7 Å². The number of para-hydroxylation sites is 1. The molecule has 2 aromatic carbocycles. The molecule has 1 spiro atoms. The van der Waals surface area contributed by atoms with E-state index >= 15 is 0 Å². The molecular weight excluding hydrogens is 626 g/mol. The molecule has 45 heavy (non-hydrogen) atoms. The number of ether oxygens (including phenoxy) is 3. The van der Waals surface area contributed by atoms with Crippen molar-refractivity contribution in [1.82, 2.24) is 14.2 Å². The van der Waals surface area contributed by atoms with Crippen molar-refractivity contribution in [2.24, 2.45) is 0 Å². The zero-order valence-corrected chi connectivity index (χ0v) is 26.7. The third-order valence-corrected chi connectivity index (χ3v) is 11.2. The lowest BCUT2D eigenvalue weighted by Crippen LogP contribution is -2.47. The van der Waals surface area contributed by atoms with Crippen LogP contribution in [0.1, 0.15) is 26.2 Å². The molecule has 0 radical (unpaired) electrons. The lowest BCUT2D eigenvalue weighted by molar-refractivity contribution is -0.0325. The Morgan fingerprint density at radius 1 is 1.13 bits per heavy atom. The standard InChI is InChI=1S/C30H37N3O10S2/c1-3-32-18-27(28(35)25-9-4-5-10-26(25)32)45(39,40)33-13-11-30(12-14-33)16-23(20-42-30)43-29(36)31-17-21(34)19-41-22-7-6-8-24(15-22)44(2,37)38/h4-10,15,18,21,23,34H,3,11-14,16-17,19-20H2,1-2H3,(H,31,36)/t21-,23-/m0/s1. The molecule has 0 bridgehead atoms. The Morgan fingerprint density at radius 2 is 1.87 bits per heavy atom. The number of aryl methyl sites for hydroxylation is 1. The fourth-order valence-electron chi connectivity index (χ4n) is 5.70. The van der Waals surface area contributed by atoms with Crippen molar-refractivity contribution in [1.29, 1.82) is 0 Å². The molecule has 0 unspecified atom stereocenters. The predicted molar refractivity (Wildman–Crippen MR) is 165 cm³/mol. The molecule has 0 aliphatic carbocycles. The van der Waals surface area contributed by atoms with Gasteiger partial charge in [0.1, 0.15) is 29.5 Å². The monoisotopic (exact) mass is 663 g/mol. The Morgan fingerprint density at radius 3 is 2.58 bits per heavy atom. The highest BCUT2D eigenvalue weighted by molar-refractivity contribution is 7.90. The molecular formula is C30H37N3O10S2. The van der Waals surface area contributed by atoms with Crippen LogP contribution in [-0.4, -0.2) is 93.8 Å². The zero-order valence-electron chi connectivity index (χ0n) is 25.0. The van der Waals surface area contributed by atoms with Crippen molar-refractivity contribution >= 4 is 36.9 Å². The van der Waals surface area contributed by atoms with Crippen LogP contribution in [0.5, 0.6) is 5.75 Å². The average Bonchev–Trinajstić information content (AvgIpc) is 3.40. The molecule has 244 valence electrons. The van der Waals surface area contributed by atoms with Gasteiger partial charge in [0.05, 0.1) is 29.2 Å². The van der Waals surface area contributed by atoms with E-state index in [0.717, 1.165) is 6.26 Å². The number of aliphatic hydroxyl groups is 1. The second-order valence-electron chi connectivity index (χ2n) is 11.3. The van der Waals surface area contributed by atoms with Gasteiger partial charge in [0.25, 0.3) is 0 Å². The van der Waals surface area contributed by atoms with E-state index in [4.69, 9.17) is 14.2 Å². The number of sulfonamides is 1. The van der Waals surface area contributed by atoms with Gasteiger partial charge in [0.2, 0.25) is 15.5 Å². The van der Waals surface area contributed by atoms with Crippen LogP contribution >= 0.6 is 0 Å². The highest BCUT2D eigenvalue weighted by Crippen LogP contribution is 2.38. The van der Waals surface area contributed by atoms with Gasteiger partial charge in [-0.05, 0) is 50.1 Å². The molecule has 2 saturated heterocycles. The maximum absolute atomic E-state index is 13.6. The normalized spacial score (nSPS) is 19.4. The van der Waals surface area contributed by atoms with E-state index in [1.54, 1.807) is 34.9 Å². The zero-order chi connectivity index (χ0) is 32.4. The van der Waals surface area contributed by atoms with Crippen LogP contribution < -0.4 is 15.5 Å². The lowest BCUT2D eigenvalue weighted by atomic mass is 9.89. The first-order valence-electron chi connectivity index (χ1n) is 14.6. The van der Waals surface area contributed by atoms with E-state index in [9.17, 15) is 31.5 Å². The van der Waals surface area contributed by atoms with Gasteiger partial charge < -0.3 is 29.2 Å². The molecule has 0 saturated carbocycles. The summed E-state index contributed by atoms with van der Waals surface area (Å²) in [7, 11) is -7.46. The third kappa shape index (κ3) is 7.33. The number of sulfone groups is 1. The number of benzene rings is 2. The minimum atomic E-state index is -4.05. The van der Waals surface area contributed by atoms with Crippen LogP contribution in [0.15, 0.2) is 69.3 Å². The molecule has 5 rings (SSSR count). The Bertz CT molecular complexity index is 1830. The number of aliphatic hydroxyl groups excluding tert-OH is 1. The molecule has 2 aliphatic heterocycles. The van der Waals surface area contributed by atoms with E-state index < -0.39 is 49.2 Å². The highest BCUT2D eigenvalue weighted by Gasteiger charge is 2.46. The second kappa shape index (κ2) is 13.1. The largest absolute Gasteiger partial charge is 0.491 e. The topological polar surface area (TPSA) is 171 Å². The van der Waals surface area contributed by atoms with Gasteiger partial charge in [-0.3, -0.25) is 4.79 Å². The fourth-order valence-corrected chi connectivity index (χ4v) is 7.91. The van der Waals surface area contributed by atoms with Crippen LogP contribution in [-0.2, 0) is 35.9 Å². The van der Waals surface area contributed by atoms with Crippen molar-refractivity contribution in [3.05, 3.63) is 65.0 Å². The molecule has 3 heterocycles. The summed E-state index contributed by atoms with van der Waals surface area (Å²) in [5.74, 6) is 0.266. The number of amides is 1. The van der Waals surface area contributed by atoms with Gasteiger partial charge in [0.15, 0.2) is 9.84 Å². The summed E-state index contributed by atoms with van der Waals surface area (Å²) in [6.45, 7) is 2.49. The maximum Gasteiger partial charge on any atom is 0.407 e. The minimum Gasteiger partial charge on any atom is -0.491 e. The number of nitrogens with zero attached hydrogens (tertiary/aromatic N) is 2. The number of carbonyl (C=O) groups excluding carboxylic acids is 1. The minimum absolute atomic E-state index is 0.0891. The van der Waals surface area contributed by atoms with Crippen LogP contribution in [0, 0.1) is 0 Å². The molecule has 2 fully saturated rings. The van der Waals surface area contributed by atoms with Crippen LogP contribution in [0.25, 0.3) is 10.9 Å². The summed E-state index contributed by atoms with van der Waals surface area (Å²) >= 11 is 0. The number of rotatable bonds is 10. The first-order valence-corrected chi connectivity index (χ1v) is 18.0. The Hall–Kier alpha value is -3.50. The Balaban J connectivity index is 1.10. The molecule has 2 atom stereocenters. The van der Waals surface area contributed by atoms with Gasteiger partial charge in [0, 0.05) is 43.9 Å². The molecule has 2 aliphatic rings. The summed E-state index contributed by atoms with van der Waals surface area (Å²) in [4.78, 5) is 25.4. The van der Waals surface area contributed by atoms with E-state index in [1.807, 2.05) is 6.92 Å². The molecule has 1 aromatic heterocycles. The van der Waals surface area contributed by atoms with Gasteiger partial charge in [-0.1, -0.05) is 18.2 Å². The Kier molecular flexibility index (Phi) is 9.56. The average molecular weight is 664 g/mol. The van der Waals surface area contributed by atoms with Crippen molar-refractivity contribution < 1.29 is 40.9 Å². The van der Waals surface area contributed by atoms with Crippen molar-refractivity contribution in [3.8, 4) is 5.75 Å². The van der Waals surface area contributed by atoms with Crippen molar-refractivity contribution in [3.63, 3.8) is 0 Å². The smallest absolute Gasteiger partial charge is 0.407 e. The number of carbonyl (C=O) groups is 1. The van der Waals surface area contributed by atoms with Gasteiger partial charge in [-0.25, -0.2) is 21.6 Å². The third-order valence-electron chi connectivity index (χ3n) is 8.15. The number of hydrogen-bond acceptors (Lipinski definition) is 10. The molecule has 13 nitrogen and oxygen atoms in total. The number of aromatic nitrogens is 1. The summed E-state index contributed by atoms with van der Waals surface area (Å²) in [5, 5.41) is 13.0. The maximum atomic E-state index is 13.6. The van der Waals surface area contributed by atoms with Crippen LogP contribution in [0.4, 0.5) is 4.79 Å². The number of alkyl carbamates (subject to hydrolysis) is 1. The molecule has 15 heteroatoms. The van der Waals surface area contributed by atoms with E-state index in [-0.39, 0.29) is 48.4 Å². The number of pyridine rings is 1. The summed E-state index contributed by atoms with van der Waals surface area (Å²) in [6.07, 6.45) is 1.24.